The number of hydrogen-bond acceptors (Lipinski definition) is 5. The second-order valence-corrected chi connectivity index (χ2v) is 4.05. The fraction of sp³-hybridized carbons (Fsp3) is 0.286. The van der Waals surface area contributed by atoms with Gasteiger partial charge in [-0.25, -0.2) is 4.98 Å². The maximum absolute atomic E-state index is 11.7. The van der Waals surface area contributed by atoms with E-state index >= 15 is 0 Å². The predicted octanol–water partition coefficient (Wildman–Crippen LogP) is 1.60. The third-order valence-corrected chi connectivity index (χ3v) is 2.76. The van der Waals surface area contributed by atoms with Crippen molar-refractivity contribution in [1.82, 2.24) is 9.97 Å². The average molecular weight is 276 g/mol. The number of methoxy groups -OCH3 is 3. The first-order valence-electron chi connectivity index (χ1n) is 6.00. The number of rotatable bonds is 5. The minimum absolute atomic E-state index is 0.223. The first kappa shape index (κ1) is 14.1. The lowest BCUT2D eigenvalue weighted by molar-refractivity contribution is 0.177. The van der Waals surface area contributed by atoms with Gasteiger partial charge in [0.1, 0.15) is 23.9 Å². The quantitative estimate of drug-likeness (QED) is 0.898. The van der Waals surface area contributed by atoms with Crippen LogP contribution in [0.2, 0.25) is 0 Å². The maximum atomic E-state index is 11.7. The molecule has 0 unspecified atom stereocenters. The minimum atomic E-state index is -0.255. The third kappa shape index (κ3) is 2.80. The van der Waals surface area contributed by atoms with Crippen LogP contribution in [0.25, 0.3) is 11.3 Å². The van der Waals surface area contributed by atoms with Crippen molar-refractivity contribution >= 4 is 0 Å². The van der Waals surface area contributed by atoms with Crippen molar-refractivity contribution in [3.8, 4) is 22.8 Å². The second-order valence-electron chi connectivity index (χ2n) is 4.05. The number of H-pyrrole nitrogens is 1. The van der Waals surface area contributed by atoms with Gasteiger partial charge in [-0.3, -0.25) is 4.79 Å². The summed E-state index contributed by atoms with van der Waals surface area (Å²) in [7, 11) is 4.65. The fourth-order valence-electron chi connectivity index (χ4n) is 1.94. The molecule has 0 saturated carbocycles. The number of hydrogen-bond donors (Lipinski definition) is 1. The molecule has 0 aliphatic heterocycles. The zero-order chi connectivity index (χ0) is 14.5. The van der Waals surface area contributed by atoms with E-state index in [1.165, 1.54) is 13.2 Å². The molecule has 0 radical (unpaired) electrons. The monoisotopic (exact) mass is 276 g/mol. The van der Waals surface area contributed by atoms with Crippen molar-refractivity contribution in [3.05, 3.63) is 40.4 Å². The van der Waals surface area contributed by atoms with Crippen LogP contribution < -0.4 is 15.0 Å². The molecule has 1 N–H and O–H groups in total. The van der Waals surface area contributed by atoms with Crippen LogP contribution in [-0.4, -0.2) is 31.3 Å². The molecule has 106 valence electrons. The van der Waals surface area contributed by atoms with Gasteiger partial charge in [-0.05, 0) is 12.1 Å². The van der Waals surface area contributed by atoms with Crippen molar-refractivity contribution in [1.29, 1.82) is 0 Å². The molecule has 0 bridgehead atoms. The van der Waals surface area contributed by atoms with Crippen LogP contribution in [0, 0.1) is 0 Å². The predicted molar refractivity (Wildman–Crippen MR) is 74.1 cm³/mol. The lowest BCUT2D eigenvalue weighted by Crippen LogP contribution is -2.12. The Morgan fingerprint density at radius 3 is 2.35 bits per heavy atom. The van der Waals surface area contributed by atoms with Gasteiger partial charge in [-0.2, -0.15) is 0 Å². The van der Waals surface area contributed by atoms with Crippen molar-refractivity contribution in [3.63, 3.8) is 0 Å². The minimum Gasteiger partial charge on any atom is -0.496 e. The highest BCUT2D eigenvalue weighted by molar-refractivity contribution is 5.74. The van der Waals surface area contributed by atoms with E-state index in [-0.39, 0.29) is 12.2 Å². The standard InChI is InChI=1S/C14H16N2O4/c1-18-8-12-15-9(7-13(17)16-12)14-10(19-2)5-4-6-11(14)20-3/h4-7H,8H2,1-3H3,(H,15,16,17). The van der Waals surface area contributed by atoms with Crippen LogP contribution in [0.3, 0.4) is 0 Å². The zero-order valence-electron chi connectivity index (χ0n) is 11.6. The van der Waals surface area contributed by atoms with Crippen LogP contribution in [-0.2, 0) is 11.3 Å². The molecule has 20 heavy (non-hydrogen) atoms. The highest BCUT2D eigenvalue weighted by Gasteiger charge is 2.15. The molecule has 0 aliphatic carbocycles. The number of aromatic nitrogens is 2. The first-order chi connectivity index (χ1) is 9.69. The van der Waals surface area contributed by atoms with Crippen LogP contribution in [0.4, 0.5) is 0 Å². The van der Waals surface area contributed by atoms with Gasteiger partial charge < -0.3 is 19.2 Å². The highest BCUT2D eigenvalue weighted by atomic mass is 16.5. The number of aromatic amines is 1. The SMILES string of the molecule is COCc1nc(-c2c(OC)cccc2OC)cc(=O)[nH]1. The van der Waals surface area contributed by atoms with Crippen LogP contribution in [0.1, 0.15) is 5.82 Å². The molecule has 2 aromatic rings. The second kappa shape index (κ2) is 6.21. The molecule has 6 heteroatoms. The van der Waals surface area contributed by atoms with Gasteiger partial charge in [0.15, 0.2) is 0 Å². The average Bonchev–Trinajstić information content (AvgIpc) is 2.46. The van der Waals surface area contributed by atoms with Gasteiger partial charge >= 0.3 is 0 Å². The molecule has 2 rings (SSSR count). The van der Waals surface area contributed by atoms with E-state index in [0.717, 1.165) is 0 Å². The summed E-state index contributed by atoms with van der Waals surface area (Å²) in [6.45, 7) is 0.223. The van der Waals surface area contributed by atoms with Crippen molar-refractivity contribution in [2.24, 2.45) is 0 Å². The number of benzene rings is 1. The lowest BCUT2D eigenvalue weighted by atomic mass is 10.1. The van der Waals surface area contributed by atoms with E-state index in [4.69, 9.17) is 14.2 Å². The fourth-order valence-corrected chi connectivity index (χ4v) is 1.94. The van der Waals surface area contributed by atoms with E-state index in [2.05, 4.69) is 9.97 Å². The Balaban J connectivity index is 2.64. The van der Waals surface area contributed by atoms with E-state index in [1.54, 1.807) is 26.4 Å². The van der Waals surface area contributed by atoms with E-state index < -0.39 is 0 Å². The molecule has 6 nitrogen and oxygen atoms in total. The van der Waals surface area contributed by atoms with Gasteiger partial charge in [-0.1, -0.05) is 6.07 Å². The topological polar surface area (TPSA) is 73.4 Å². The summed E-state index contributed by atoms with van der Waals surface area (Å²) < 4.78 is 15.6. The van der Waals surface area contributed by atoms with Crippen molar-refractivity contribution in [2.75, 3.05) is 21.3 Å². The normalized spacial score (nSPS) is 10.3. The largest absolute Gasteiger partial charge is 0.496 e. The van der Waals surface area contributed by atoms with Gasteiger partial charge in [0.05, 0.1) is 25.5 Å². The Kier molecular flexibility index (Phi) is 4.37. The molecule has 0 saturated heterocycles. The van der Waals surface area contributed by atoms with Crippen LogP contribution in [0.15, 0.2) is 29.1 Å². The van der Waals surface area contributed by atoms with Crippen molar-refractivity contribution < 1.29 is 14.2 Å². The Labute approximate surface area is 116 Å². The van der Waals surface area contributed by atoms with Gasteiger partial charge in [0.2, 0.25) is 0 Å². The van der Waals surface area contributed by atoms with Gasteiger partial charge in [0, 0.05) is 13.2 Å². The zero-order valence-corrected chi connectivity index (χ0v) is 11.6. The molecular weight excluding hydrogens is 260 g/mol. The van der Waals surface area contributed by atoms with E-state index in [0.29, 0.717) is 28.6 Å². The van der Waals surface area contributed by atoms with E-state index in [9.17, 15) is 4.79 Å². The number of nitrogens with zero attached hydrogens (tertiary/aromatic N) is 1. The lowest BCUT2D eigenvalue weighted by Gasteiger charge is -2.12. The highest BCUT2D eigenvalue weighted by Crippen LogP contribution is 2.36. The molecule has 1 heterocycles. The first-order valence-corrected chi connectivity index (χ1v) is 6.00. The molecule has 0 aliphatic rings. The summed E-state index contributed by atoms with van der Waals surface area (Å²) in [5.41, 5.74) is 0.867. The van der Waals surface area contributed by atoms with Crippen molar-refractivity contribution in [2.45, 2.75) is 6.61 Å². The van der Waals surface area contributed by atoms with Crippen LogP contribution >= 0.6 is 0 Å². The Bertz CT molecular complexity index is 630. The molecule has 0 atom stereocenters. The third-order valence-electron chi connectivity index (χ3n) is 2.76. The molecule has 1 aromatic carbocycles. The summed E-state index contributed by atoms with van der Waals surface area (Å²) >= 11 is 0. The Morgan fingerprint density at radius 1 is 1.15 bits per heavy atom. The molecule has 1 aromatic heterocycles. The molecule has 0 amide bonds. The Morgan fingerprint density at radius 2 is 1.80 bits per heavy atom. The summed E-state index contributed by atoms with van der Waals surface area (Å²) in [4.78, 5) is 18.7. The Hall–Kier alpha value is -2.34. The van der Waals surface area contributed by atoms with Gasteiger partial charge in [0.25, 0.3) is 5.56 Å². The maximum Gasteiger partial charge on any atom is 0.251 e. The van der Waals surface area contributed by atoms with Crippen LogP contribution in [0.5, 0.6) is 11.5 Å². The molecule has 0 fully saturated rings. The number of ether oxygens (including phenoxy) is 3. The summed E-state index contributed by atoms with van der Waals surface area (Å²) in [5.74, 6) is 1.62. The molecular formula is C14H16N2O4. The van der Waals surface area contributed by atoms with E-state index in [1.807, 2.05) is 6.07 Å². The summed E-state index contributed by atoms with van der Waals surface area (Å²) in [5, 5.41) is 0. The smallest absolute Gasteiger partial charge is 0.251 e. The number of nitrogens with one attached hydrogen (secondary N) is 1. The molecule has 0 spiro atoms. The summed E-state index contributed by atoms with van der Waals surface area (Å²) in [6.07, 6.45) is 0. The van der Waals surface area contributed by atoms with Gasteiger partial charge in [-0.15, -0.1) is 0 Å². The summed E-state index contributed by atoms with van der Waals surface area (Å²) in [6, 6.07) is 6.79.